The van der Waals surface area contributed by atoms with Crippen molar-refractivity contribution in [3.05, 3.63) is 93.3 Å². The molecule has 2 unspecified atom stereocenters. The van der Waals surface area contributed by atoms with Gasteiger partial charge in [0.2, 0.25) is 0 Å². The van der Waals surface area contributed by atoms with Crippen LogP contribution in [0.15, 0.2) is 77.6 Å². The van der Waals surface area contributed by atoms with Gasteiger partial charge in [-0.1, -0.05) is 36.4 Å². The molecule has 1 heterocycles. The lowest BCUT2D eigenvalue weighted by molar-refractivity contribution is -0.384. The number of methoxy groups -OCH3 is 1. The minimum Gasteiger partial charge on any atom is -0.491 e. The van der Waals surface area contributed by atoms with Gasteiger partial charge in [0.25, 0.3) is 5.69 Å². The first-order valence-corrected chi connectivity index (χ1v) is 12.3. The maximum Gasteiger partial charge on any atom is 0.432 e. The van der Waals surface area contributed by atoms with Crippen molar-refractivity contribution in [2.75, 3.05) is 33.4 Å². The van der Waals surface area contributed by atoms with Gasteiger partial charge in [-0.05, 0) is 24.6 Å². The summed E-state index contributed by atoms with van der Waals surface area (Å²) in [5, 5.41) is 24.1. The summed E-state index contributed by atoms with van der Waals surface area (Å²) < 4.78 is 58.2. The molecule has 0 radical (unpaired) electrons. The van der Waals surface area contributed by atoms with E-state index in [2.05, 4.69) is 10.1 Å². The lowest BCUT2D eigenvalue weighted by Gasteiger charge is -2.34. The number of hydrogen-bond acceptors (Lipinski definition) is 9. The highest BCUT2D eigenvalue weighted by atomic mass is 19.4. The molecule has 2 aromatic rings. The summed E-state index contributed by atoms with van der Waals surface area (Å²) in [5.41, 5.74) is -3.13. The first-order chi connectivity index (χ1) is 19.4. The number of para-hydroxylation sites is 1. The Labute approximate surface area is 232 Å². The van der Waals surface area contributed by atoms with Crippen LogP contribution in [0.25, 0.3) is 0 Å². The van der Waals surface area contributed by atoms with Crippen molar-refractivity contribution < 1.29 is 47.0 Å². The zero-order chi connectivity index (χ0) is 30.2. The zero-order valence-electron chi connectivity index (χ0n) is 22.1. The second-order valence-electron chi connectivity index (χ2n) is 8.82. The lowest BCUT2D eigenvalue weighted by Crippen LogP contribution is -2.42. The molecule has 0 aliphatic carbocycles. The molecule has 2 atom stereocenters. The molecule has 0 aromatic heterocycles. The number of ether oxygens (including phenoxy) is 3. The fraction of sp³-hybridized carbons (Fsp3) is 0.333. The predicted molar refractivity (Wildman–Crippen MR) is 139 cm³/mol. The van der Waals surface area contributed by atoms with Gasteiger partial charge in [-0.2, -0.15) is 13.2 Å². The third-order valence-corrected chi connectivity index (χ3v) is 5.92. The number of nitro benzene ring substituents is 1. The maximum atomic E-state index is 14.4. The SMILES string of the molecule is COC(=O)C1=C(C(F)(F)F)N(C(=O)OCCNCC(O)COc2ccccc2)C(C)=CC1c1cccc([N+](=O)[O-])c1. The van der Waals surface area contributed by atoms with E-state index in [9.17, 15) is 38.0 Å². The highest BCUT2D eigenvalue weighted by Crippen LogP contribution is 2.44. The summed E-state index contributed by atoms with van der Waals surface area (Å²) in [6.07, 6.45) is -6.33. The molecule has 0 bridgehead atoms. The van der Waals surface area contributed by atoms with Crippen LogP contribution in [0.3, 0.4) is 0 Å². The van der Waals surface area contributed by atoms with Gasteiger partial charge in [0.1, 0.15) is 30.8 Å². The number of non-ortho nitro benzene ring substituents is 1. The van der Waals surface area contributed by atoms with Crippen LogP contribution in [0.1, 0.15) is 18.4 Å². The van der Waals surface area contributed by atoms with E-state index in [4.69, 9.17) is 9.47 Å². The van der Waals surface area contributed by atoms with Gasteiger partial charge in [-0.15, -0.1) is 0 Å². The number of alkyl halides is 3. The Hall–Kier alpha value is -4.43. The maximum absolute atomic E-state index is 14.4. The highest BCUT2D eigenvalue weighted by Gasteiger charge is 2.49. The van der Waals surface area contributed by atoms with E-state index in [0.717, 1.165) is 19.2 Å². The summed E-state index contributed by atoms with van der Waals surface area (Å²) in [5.74, 6) is -2.20. The summed E-state index contributed by atoms with van der Waals surface area (Å²) in [7, 11) is 0.882. The van der Waals surface area contributed by atoms with Crippen LogP contribution >= 0.6 is 0 Å². The van der Waals surface area contributed by atoms with E-state index in [1.165, 1.54) is 25.1 Å². The van der Waals surface area contributed by atoms with E-state index in [-0.39, 0.29) is 42.5 Å². The first kappa shape index (κ1) is 31.1. The summed E-state index contributed by atoms with van der Waals surface area (Å²) in [4.78, 5) is 36.2. The van der Waals surface area contributed by atoms with Gasteiger partial charge in [-0.25, -0.2) is 14.5 Å². The monoisotopic (exact) mass is 579 g/mol. The minimum absolute atomic E-state index is 0.00400. The molecule has 14 heteroatoms. The molecule has 41 heavy (non-hydrogen) atoms. The molecule has 0 fully saturated rings. The number of carbonyl (C=O) groups is 2. The Morgan fingerprint density at radius 1 is 1.17 bits per heavy atom. The third kappa shape index (κ3) is 8.05. The topological polar surface area (TPSA) is 140 Å². The van der Waals surface area contributed by atoms with Crippen LogP contribution < -0.4 is 10.1 Å². The van der Waals surface area contributed by atoms with Gasteiger partial charge in [-0.3, -0.25) is 10.1 Å². The Bertz CT molecular complexity index is 1310. The van der Waals surface area contributed by atoms with Crippen molar-refractivity contribution in [3.8, 4) is 5.75 Å². The number of nitro groups is 1. The van der Waals surface area contributed by atoms with E-state index in [1.54, 1.807) is 24.3 Å². The average molecular weight is 580 g/mol. The molecule has 1 aliphatic heterocycles. The van der Waals surface area contributed by atoms with Crippen molar-refractivity contribution in [3.63, 3.8) is 0 Å². The lowest BCUT2D eigenvalue weighted by atomic mass is 9.85. The zero-order valence-corrected chi connectivity index (χ0v) is 22.1. The van der Waals surface area contributed by atoms with Crippen LogP contribution in [0.2, 0.25) is 0 Å². The van der Waals surface area contributed by atoms with Crippen LogP contribution in [-0.4, -0.2) is 72.7 Å². The third-order valence-electron chi connectivity index (χ3n) is 5.92. The summed E-state index contributed by atoms with van der Waals surface area (Å²) in [6.45, 7) is 0.888. The molecular weight excluding hydrogens is 551 g/mol. The Balaban J connectivity index is 1.73. The van der Waals surface area contributed by atoms with E-state index < -0.39 is 52.1 Å². The van der Waals surface area contributed by atoms with Crippen LogP contribution in [0.5, 0.6) is 5.75 Å². The molecule has 0 saturated heterocycles. The van der Waals surface area contributed by atoms with Gasteiger partial charge in [0, 0.05) is 36.8 Å². The number of hydrogen-bond donors (Lipinski definition) is 2. The number of nitrogens with zero attached hydrogens (tertiary/aromatic N) is 2. The minimum atomic E-state index is -5.21. The second-order valence-corrected chi connectivity index (χ2v) is 8.82. The van der Waals surface area contributed by atoms with Crippen molar-refractivity contribution >= 4 is 17.7 Å². The smallest absolute Gasteiger partial charge is 0.432 e. The summed E-state index contributed by atoms with van der Waals surface area (Å²) >= 11 is 0. The molecule has 1 aliphatic rings. The molecular formula is C27H28F3N3O8. The second kappa shape index (κ2) is 13.8. The number of benzene rings is 2. The Morgan fingerprint density at radius 2 is 1.88 bits per heavy atom. The largest absolute Gasteiger partial charge is 0.491 e. The molecule has 0 saturated carbocycles. The first-order valence-electron chi connectivity index (χ1n) is 12.3. The van der Waals surface area contributed by atoms with Gasteiger partial charge in [0.15, 0.2) is 0 Å². The highest BCUT2D eigenvalue weighted by molar-refractivity contribution is 5.94. The van der Waals surface area contributed by atoms with Crippen LogP contribution in [-0.2, 0) is 14.3 Å². The van der Waals surface area contributed by atoms with Crippen molar-refractivity contribution in [1.82, 2.24) is 10.2 Å². The fourth-order valence-electron chi connectivity index (χ4n) is 4.10. The van der Waals surface area contributed by atoms with Gasteiger partial charge in [0.05, 0.1) is 17.6 Å². The molecule has 220 valence electrons. The number of allylic oxidation sites excluding steroid dienone is 3. The quantitative estimate of drug-likeness (QED) is 0.175. The molecule has 1 amide bonds. The Morgan fingerprint density at radius 3 is 2.51 bits per heavy atom. The van der Waals surface area contributed by atoms with Crippen LogP contribution in [0.4, 0.5) is 23.7 Å². The van der Waals surface area contributed by atoms with E-state index >= 15 is 0 Å². The number of aliphatic hydroxyl groups is 1. The number of amides is 1. The van der Waals surface area contributed by atoms with E-state index in [0.29, 0.717) is 5.75 Å². The predicted octanol–water partition coefficient (Wildman–Crippen LogP) is 4.05. The molecule has 2 N–H and O–H groups in total. The fourth-order valence-corrected chi connectivity index (χ4v) is 4.10. The number of aliphatic hydroxyl groups excluding tert-OH is 1. The molecule has 11 nitrogen and oxygen atoms in total. The van der Waals surface area contributed by atoms with Crippen LogP contribution in [0, 0.1) is 10.1 Å². The average Bonchev–Trinajstić information content (AvgIpc) is 2.94. The van der Waals surface area contributed by atoms with Crippen molar-refractivity contribution in [2.24, 2.45) is 0 Å². The van der Waals surface area contributed by atoms with Gasteiger partial charge < -0.3 is 24.6 Å². The molecule has 3 rings (SSSR count). The number of halogens is 3. The number of rotatable bonds is 11. The van der Waals surface area contributed by atoms with Gasteiger partial charge >= 0.3 is 18.2 Å². The number of nitrogens with one attached hydrogen (secondary N) is 1. The van der Waals surface area contributed by atoms with E-state index in [1.807, 2.05) is 6.07 Å². The molecule has 2 aromatic carbocycles. The summed E-state index contributed by atoms with van der Waals surface area (Å²) in [6, 6.07) is 13.6. The van der Waals surface area contributed by atoms with Crippen molar-refractivity contribution in [2.45, 2.75) is 25.1 Å². The number of carbonyl (C=O) groups excluding carboxylic acids is 2. The number of esters is 1. The normalized spacial score (nSPS) is 16.1. The molecule has 0 spiro atoms. The Kier molecular flexibility index (Phi) is 10.4. The standard InChI is InChI=1S/C27H28F3N3O8/c1-17-13-22(18-7-6-8-19(14-18)33(37)38)23(25(35)39-2)24(27(28,29)30)32(17)26(36)40-12-11-31-15-20(34)16-41-21-9-4-3-5-10-21/h3-10,13-14,20,22,31,34H,11-12,15-16H2,1-2H3. The van der Waals surface area contributed by atoms with Crippen molar-refractivity contribution in [1.29, 1.82) is 0 Å².